The van der Waals surface area contributed by atoms with Gasteiger partial charge in [0.15, 0.2) is 8.29 Å². The first-order chi connectivity index (χ1) is 12.0. The van der Waals surface area contributed by atoms with Crippen molar-refractivity contribution in [1.29, 1.82) is 0 Å². The molecule has 0 bridgehead atoms. The monoisotopic (exact) mass is 393 g/mol. The number of benzene rings is 1. The third-order valence-electron chi connectivity index (χ3n) is 4.62. The molecule has 4 nitrogen and oxygen atoms in total. The van der Waals surface area contributed by atoms with Crippen molar-refractivity contribution in [3.8, 4) is 5.69 Å². The summed E-state index contributed by atoms with van der Waals surface area (Å²) in [4.78, 5) is 12.5. The second-order valence-corrected chi connectivity index (χ2v) is 9.73. The van der Waals surface area contributed by atoms with Gasteiger partial charge in [-0.15, -0.1) is 5.10 Å². The van der Waals surface area contributed by atoms with Crippen LogP contribution in [0.4, 0.5) is 0 Å². The highest BCUT2D eigenvalue weighted by molar-refractivity contribution is 8.02. The lowest BCUT2D eigenvalue weighted by Crippen LogP contribution is -2.44. The Labute approximate surface area is 162 Å². The average Bonchev–Trinajstić information content (AvgIpc) is 2.98. The molecule has 0 saturated heterocycles. The molecule has 1 aliphatic rings. The van der Waals surface area contributed by atoms with Gasteiger partial charge in [0.1, 0.15) is 0 Å². The van der Waals surface area contributed by atoms with E-state index in [2.05, 4.69) is 17.3 Å². The molecule has 134 valence electrons. The zero-order valence-corrected chi connectivity index (χ0v) is 16.9. The molecular weight excluding hydrogens is 370 g/mol. The molecule has 0 aliphatic heterocycles. The van der Waals surface area contributed by atoms with Crippen LogP contribution in [0.15, 0.2) is 34.7 Å². The minimum atomic E-state index is -0.182. The summed E-state index contributed by atoms with van der Waals surface area (Å²) in [5.74, 6) is 0.658. The van der Waals surface area contributed by atoms with Crippen molar-refractivity contribution in [2.45, 2.75) is 55.2 Å². The highest BCUT2D eigenvalue weighted by Crippen LogP contribution is 2.29. The zero-order valence-electron chi connectivity index (χ0n) is 14.5. The maximum Gasteiger partial charge on any atom is 0.233 e. The average molecular weight is 394 g/mol. The first kappa shape index (κ1) is 18.6. The van der Waals surface area contributed by atoms with Gasteiger partial charge in [-0.25, -0.2) is 4.68 Å². The van der Waals surface area contributed by atoms with Gasteiger partial charge in [-0.2, -0.15) is 0 Å². The maximum absolute atomic E-state index is 12.5. The minimum Gasteiger partial charge on any atom is -0.352 e. The quantitative estimate of drug-likeness (QED) is 0.583. The Balaban J connectivity index is 1.64. The molecule has 1 saturated carbocycles. The van der Waals surface area contributed by atoms with Crippen LogP contribution in [0, 0.1) is 9.87 Å². The Morgan fingerprint density at radius 1 is 1.36 bits per heavy atom. The van der Waals surface area contributed by atoms with E-state index in [9.17, 15) is 4.79 Å². The van der Waals surface area contributed by atoms with Crippen molar-refractivity contribution in [2.75, 3.05) is 0 Å². The van der Waals surface area contributed by atoms with Crippen molar-refractivity contribution >= 4 is 41.2 Å². The van der Waals surface area contributed by atoms with Gasteiger partial charge in [0.25, 0.3) is 0 Å². The molecule has 1 aromatic carbocycles. The van der Waals surface area contributed by atoms with Crippen LogP contribution < -0.4 is 5.32 Å². The summed E-state index contributed by atoms with van der Waals surface area (Å²) < 4.78 is 3.28. The lowest BCUT2D eigenvalue weighted by Gasteiger charge is -2.30. The standard InChI is InChI=1S/C18H23N3OS3/c1-12-8-6-7-11-15(12)19-16(22)13(2)24-17-20-21(18(23)25-17)14-9-4-3-5-10-14/h3-5,9-10,12-13,15H,6-8,11H2,1-2H3,(H,19,22)/t12-,13+,15+/m0/s1. The summed E-state index contributed by atoms with van der Waals surface area (Å²) in [6.07, 6.45) is 4.78. The molecule has 3 rings (SSSR count). The summed E-state index contributed by atoms with van der Waals surface area (Å²) >= 11 is 8.35. The van der Waals surface area contributed by atoms with Gasteiger partial charge in [-0.3, -0.25) is 4.79 Å². The van der Waals surface area contributed by atoms with E-state index in [1.165, 1.54) is 42.4 Å². The fourth-order valence-corrected chi connectivity index (χ4v) is 5.59. The van der Waals surface area contributed by atoms with E-state index in [0.717, 1.165) is 16.4 Å². The van der Waals surface area contributed by atoms with E-state index in [1.54, 1.807) is 4.68 Å². The van der Waals surface area contributed by atoms with Crippen LogP contribution in [0.3, 0.4) is 0 Å². The number of carbonyl (C=O) groups excluding carboxylic acids is 1. The fraction of sp³-hybridized carbons (Fsp3) is 0.500. The van der Waals surface area contributed by atoms with Crippen LogP contribution in [0.2, 0.25) is 0 Å². The molecule has 1 aliphatic carbocycles. The molecular formula is C18H23N3OS3. The Morgan fingerprint density at radius 2 is 2.08 bits per heavy atom. The first-order valence-corrected chi connectivity index (χ1v) is 10.8. The highest BCUT2D eigenvalue weighted by Gasteiger charge is 2.25. The topological polar surface area (TPSA) is 46.9 Å². The molecule has 1 fully saturated rings. The minimum absolute atomic E-state index is 0.0936. The van der Waals surface area contributed by atoms with Crippen LogP contribution in [0.25, 0.3) is 5.69 Å². The lowest BCUT2D eigenvalue weighted by atomic mass is 9.86. The molecule has 25 heavy (non-hydrogen) atoms. The molecule has 3 atom stereocenters. The molecule has 1 amide bonds. The van der Waals surface area contributed by atoms with Crippen LogP contribution in [0.5, 0.6) is 0 Å². The number of carbonyl (C=O) groups is 1. The SMILES string of the molecule is C[C@@H](Sc1nn(-c2ccccc2)c(=S)s1)C(=O)N[C@@H]1CCCC[C@@H]1C. The molecule has 0 spiro atoms. The Kier molecular flexibility index (Phi) is 6.30. The first-order valence-electron chi connectivity index (χ1n) is 8.67. The number of para-hydroxylation sites is 1. The molecule has 2 aromatic rings. The van der Waals surface area contributed by atoms with Gasteiger partial charge in [0.05, 0.1) is 10.9 Å². The van der Waals surface area contributed by atoms with Crippen LogP contribution in [-0.2, 0) is 4.79 Å². The van der Waals surface area contributed by atoms with Crippen LogP contribution >= 0.6 is 35.3 Å². The second kappa shape index (κ2) is 8.47. The van der Waals surface area contributed by atoms with Crippen molar-refractivity contribution in [1.82, 2.24) is 15.1 Å². The van der Waals surface area contributed by atoms with Crippen molar-refractivity contribution in [3.63, 3.8) is 0 Å². The molecule has 1 aromatic heterocycles. The van der Waals surface area contributed by atoms with Gasteiger partial charge >= 0.3 is 0 Å². The largest absolute Gasteiger partial charge is 0.352 e. The predicted octanol–water partition coefficient (Wildman–Crippen LogP) is 4.84. The number of aromatic nitrogens is 2. The number of hydrogen-bond donors (Lipinski definition) is 1. The smallest absolute Gasteiger partial charge is 0.233 e. The number of nitrogens with zero attached hydrogens (tertiary/aromatic N) is 2. The Hall–Kier alpha value is -1.18. The molecule has 7 heteroatoms. The van der Waals surface area contributed by atoms with E-state index < -0.39 is 0 Å². The van der Waals surface area contributed by atoms with Crippen molar-refractivity contribution in [2.24, 2.45) is 5.92 Å². The third-order valence-corrected chi connectivity index (χ3v) is 7.03. The van der Waals surface area contributed by atoms with Gasteiger partial charge in [0, 0.05) is 6.04 Å². The van der Waals surface area contributed by atoms with Crippen molar-refractivity contribution < 1.29 is 4.79 Å². The summed E-state index contributed by atoms with van der Waals surface area (Å²) in [5, 5.41) is 7.62. The molecule has 0 radical (unpaired) electrons. The fourth-order valence-electron chi connectivity index (χ4n) is 3.08. The van der Waals surface area contributed by atoms with E-state index in [1.807, 2.05) is 37.3 Å². The molecule has 1 N–H and O–H groups in total. The van der Waals surface area contributed by atoms with Gasteiger partial charge < -0.3 is 5.32 Å². The van der Waals surface area contributed by atoms with Crippen LogP contribution in [0.1, 0.15) is 39.5 Å². The Bertz CT molecular complexity index is 771. The second-order valence-electron chi connectivity index (χ2n) is 6.52. The third kappa shape index (κ3) is 4.71. The normalized spacial score (nSPS) is 21.7. The summed E-state index contributed by atoms with van der Waals surface area (Å²) in [6, 6.07) is 10.2. The molecule has 1 heterocycles. The van der Waals surface area contributed by atoms with E-state index in [0.29, 0.717) is 15.9 Å². The maximum atomic E-state index is 12.5. The van der Waals surface area contributed by atoms with E-state index in [4.69, 9.17) is 12.2 Å². The summed E-state index contributed by atoms with van der Waals surface area (Å²) in [6.45, 7) is 4.17. The number of hydrogen-bond acceptors (Lipinski definition) is 5. The number of amides is 1. The van der Waals surface area contributed by atoms with E-state index >= 15 is 0 Å². The highest BCUT2D eigenvalue weighted by atomic mass is 32.2. The summed E-state index contributed by atoms with van der Waals surface area (Å²) in [7, 11) is 0. The Morgan fingerprint density at radius 3 is 2.80 bits per heavy atom. The number of rotatable bonds is 5. The van der Waals surface area contributed by atoms with Gasteiger partial charge in [0.2, 0.25) is 5.91 Å². The zero-order chi connectivity index (χ0) is 17.8. The number of nitrogens with one attached hydrogen (secondary N) is 1. The van der Waals surface area contributed by atoms with Crippen molar-refractivity contribution in [3.05, 3.63) is 34.3 Å². The number of thioether (sulfide) groups is 1. The van der Waals surface area contributed by atoms with E-state index in [-0.39, 0.29) is 11.2 Å². The lowest BCUT2D eigenvalue weighted by molar-refractivity contribution is -0.121. The molecule has 0 unspecified atom stereocenters. The summed E-state index contributed by atoms with van der Waals surface area (Å²) in [5.41, 5.74) is 0.948. The van der Waals surface area contributed by atoms with Gasteiger partial charge in [-0.1, -0.05) is 61.1 Å². The van der Waals surface area contributed by atoms with Gasteiger partial charge in [-0.05, 0) is 50.0 Å². The predicted molar refractivity (Wildman–Crippen MR) is 107 cm³/mol. The van der Waals surface area contributed by atoms with Crippen LogP contribution in [-0.4, -0.2) is 27.0 Å².